The molecule has 0 spiro atoms. The minimum atomic E-state index is 0.642. The fourth-order valence-electron chi connectivity index (χ4n) is 9.10. The van der Waals surface area contributed by atoms with E-state index in [9.17, 15) is 0 Å². The van der Waals surface area contributed by atoms with Gasteiger partial charge in [0, 0.05) is 16.7 Å². The molecule has 0 amide bonds. The molecule has 0 aliphatic rings. The third-order valence-corrected chi connectivity index (χ3v) is 11.6. The van der Waals surface area contributed by atoms with Crippen LogP contribution in [0.5, 0.6) is 0 Å². The lowest BCUT2D eigenvalue weighted by Gasteiger charge is -2.16. The van der Waals surface area contributed by atoms with Crippen molar-refractivity contribution in [2.45, 2.75) is 0 Å². The molecule has 3 nitrogen and oxygen atoms in total. The highest BCUT2D eigenvalue weighted by Crippen LogP contribution is 2.44. The Balaban J connectivity index is 1.10. The van der Waals surface area contributed by atoms with Crippen LogP contribution in [0.3, 0.4) is 0 Å². The SMILES string of the molecule is c1ccc(-c2nc(-c3cccc(-c4cc5c6ccccc6c6ccccc6c5c5ccccc45)c3)nc(-c3ccc4ccc5cccc6ccc3c4c56)n2)cc1. The van der Waals surface area contributed by atoms with Crippen molar-refractivity contribution in [1.82, 2.24) is 15.0 Å². The highest BCUT2D eigenvalue weighted by molar-refractivity contribution is 6.33. The Morgan fingerprint density at radius 3 is 1.48 bits per heavy atom. The van der Waals surface area contributed by atoms with E-state index in [-0.39, 0.29) is 0 Å². The van der Waals surface area contributed by atoms with Gasteiger partial charge in [-0.05, 0) is 105 Å². The lowest BCUT2D eigenvalue weighted by molar-refractivity contribution is 1.08. The summed E-state index contributed by atoms with van der Waals surface area (Å²) in [4.78, 5) is 15.6. The molecule has 1 heterocycles. The molecule has 0 aliphatic heterocycles. The maximum Gasteiger partial charge on any atom is 0.164 e. The summed E-state index contributed by atoms with van der Waals surface area (Å²) in [5.74, 6) is 1.95. The molecule has 1 aromatic heterocycles. The van der Waals surface area contributed by atoms with Gasteiger partial charge in [0.1, 0.15) is 0 Å². The molecule has 0 saturated heterocycles. The molecule has 0 N–H and O–H groups in total. The molecule has 258 valence electrons. The summed E-state index contributed by atoms with van der Waals surface area (Å²) in [6.45, 7) is 0. The van der Waals surface area contributed by atoms with Gasteiger partial charge in [-0.2, -0.15) is 0 Å². The number of benzene rings is 11. The first-order valence-electron chi connectivity index (χ1n) is 19.1. The van der Waals surface area contributed by atoms with Gasteiger partial charge < -0.3 is 0 Å². The quantitative estimate of drug-likeness (QED) is 0.171. The predicted octanol–water partition coefficient (Wildman–Crippen LogP) is 14.0. The minimum Gasteiger partial charge on any atom is -0.208 e. The Kier molecular flexibility index (Phi) is 6.63. The third-order valence-electron chi connectivity index (χ3n) is 11.6. The van der Waals surface area contributed by atoms with E-state index in [4.69, 9.17) is 15.0 Å². The maximum atomic E-state index is 5.28. The second kappa shape index (κ2) is 12.0. The Labute approximate surface area is 322 Å². The first kappa shape index (κ1) is 30.9. The molecule has 12 rings (SSSR count). The van der Waals surface area contributed by atoms with Gasteiger partial charge in [0.25, 0.3) is 0 Å². The molecule has 56 heavy (non-hydrogen) atoms. The third kappa shape index (κ3) is 4.61. The number of fused-ring (bicyclic) bond motifs is 8. The van der Waals surface area contributed by atoms with Gasteiger partial charge in [-0.1, -0.05) is 170 Å². The zero-order chi connectivity index (χ0) is 36.7. The fraction of sp³-hybridized carbons (Fsp3) is 0. The first-order valence-corrected chi connectivity index (χ1v) is 19.1. The highest BCUT2D eigenvalue weighted by Gasteiger charge is 2.19. The van der Waals surface area contributed by atoms with Crippen LogP contribution in [0.25, 0.3) is 121 Å². The molecule has 0 bridgehead atoms. The topological polar surface area (TPSA) is 38.7 Å². The highest BCUT2D eigenvalue weighted by atomic mass is 15.0. The van der Waals surface area contributed by atoms with Crippen molar-refractivity contribution in [2.24, 2.45) is 0 Å². The number of hydrogen-bond donors (Lipinski definition) is 0. The summed E-state index contributed by atoms with van der Waals surface area (Å²) in [6.07, 6.45) is 0. The fourth-order valence-corrected chi connectivity index (χ4v) is 9.10. The molecular weight excluding hydrogens is 679 g/mol. The number of nitrogens with zero attached hydrogens (tertiary/aromatic N) is 3. The van der Waals surface area contributed by atoms with Gasteiger partial charge >= 0.3 is 0 Å². The van der Waals surface area contributed by atoms with Crippen molar-refractivity contribution < 1.29 is 0 Å². The average molecular weight is 710 g/mol. The van der Waals surface area contributed by atoms with Gasteiger partial charge in [-0.25, -0.2) is 15.0 Å². The van der Waals surface area contributed by atoms with Crippen molar-refractivity contribution in [2.75, 3.05) is 0 Å². The first-order chi connectivity index (χ1) is 27.8. The van der Waals surface area contributed by atoms with Crippen LogP contribution in [-0.4, -0.2) is 15.0 Å². The molecule has 0 atom stereocenters. The van der Waals surface area contributed by atoms with Crippen molar-refractivity contribution in [3.63, 3.8) is 0 Å². The lowest BCUT2D eigenvalue weighted by atomic mass is 9.87. The summed E-state index contributed by atoms with van der Waals surface area (Å²) < 4.78 is 0. The van der Waals surface area contributed by atoms with Crippen LogP contribution >= 0.6 is 0 Å². The van der Waals surface area contributed by atoms with Crippen molar-refractivity contribution in [1.29, 1.82) is 0 Å². The molecule has 12 aromatic rings. The molecule has 11 aromatic carbocycles. The van der Waals surface area contributed by atoms with Crippen molar-refractivity contribution >= 4 is 75.4 Å². The Morgan fingerprint density at radius 1 is 0.232 bits per heavy atom. The summed E-state index contributed by atoms with van der Waals surface area (Å²) >= 11 is 0. The minimum absolute atomic E-state index is 0.642. The van der Waals surface area contributed by atoms with Crippen LogP contribution in [0.4, 0.5) is 0 Å². The summed E-state index contributed by atoms with van der Waals surface area (Å²) in [5.41, 5.74) is 5.18. The van der Waals surface area contributed by atoms with E-state index in [0.717, 1.165) is 27.6 Å². The van der Waals surface area contributed by atoms with E-state index in [1.54, 1.807) is 0 Å². The summed E-state index contributed by atoms with van der Waals surface area (Å²) in [6, 6.07) is 67.5. The molecule has 0 radical (unpaired) electrons. The zero-order valence-electron chi connectivity index (χ0n) is 30.2. The van der Waals surface area contributed by atoms with Crippen molar-refractivity contribution in [3.05, 3.63) is 188 Å². The predicted molar refractivity (Wildman–Crippen MR) is 235 cm³/mol. The smallest absolute Gasteiger partial charge is 0.164 e. The number of hydrogen-bond acceptors (Lipinski definition) is 3. The number of aromatic nitrogens is 3. The van der Waals surface area contributed by atoms with Crippen LogP contribution in [-0.2, 0) is 0 Å². The molecule has 0 saturated carbocycles. The molecular formula is C53H31N3. The van der Waals surface area contributed by atoms with Gasteiger partial charge in [0.2, 0.25) is 0 Å². The van der Waals surface area contributed by atoms with E-state index in [1.165, 1.54) is 75.6 Å². The van der Waals surface area contributed by atoms with Gasteiger partial charge in [-0.15, -0.1) is 0 Å². The molecule has 0 fully saturated rings. The maximum absolute atomic E-state index is 5.28. The van der Waals surface area contributed by atoms with Crippen LogP contribution < -0.4 is 0 Å². The zero-order valence-corrected chi connectivity index (χ0v) is 30.2. The van der Waals surface area contributed by atoms with Crippen LogP contribution in [0.15, 0.2) is 188 Å². The molecule has 0 aliphatic carbocycles. The van der Waals surface area contributed by atoms with Crippen LogP contribution in [0, 0.1) is 0 Å². The second-order valence-electron chi connectivity index (χ2n) is 14.7. The van der Waals surface area contributed by atoms with E-state index >= 15 is 0 Å². The van der Waals surface area contributed by atoms with Gasteiger partial charge in [0.05, 0.1) is 0 Å². The van der Waals surface area contributed by atoms with Crippen LogP contribution in [0.1, 0.15) is 0 Å². The Morgan fingerprint density at radius 2 is 0.732 bits per heavy atom. The van der Waals surface area contributed by atoms with Crippen molar-refractivity contribution in [3.8, 4) is 45.3 Å². The van der Waals surface area contributed by atoms with E-state index in [2.05, 4.69) is 170 Å². The largest absolute Gasteiger partial charge is 0.208 e. The monoisotopic (exact) mass is 709 g/mol. The summed E-state index contributed by atoms with van der Waals surface area (Å²) in [5, 5.41) is 17.4. The van der Waals surface area contributed by atoms with E-state index in [1.807, 2.05) is 18.2 Å². The average Bonchev–Trinajstić information content (AvgIpc) is 3.28. The van der Waals surface area contributed by atoms with E-state index in [0.29, 0.717) is 17.5 Å². The van der Waals surface area contributed by atoms with Crippen LogP contribution in [0.2, 0.25) is 0 Å². The molecule has 0 unspecified atom stereocenters. The Bertz CT molecular complexity index is 3520. The molecule has 3 heteroatoms. The standard InChI is InChI=1S/C53H31N3/c1-2-12-35(13-3-1)51-54-52(56-53(55-51)45-29-27-34-25-24-32-14-10-15-33-26-28-44(45)49(34)48(32)33)37-17-11-16-36(30-37)46-31-47-40-20-5-4-18-38(40)39-19-6-8-22-42(39)50(47)43-23-9-7-21-41(43)46/h1-31H. The lowest BCUT2D eigenvalue weighted by Crippen LogP contribution is -2.01. The van der Waals surface area contributed by atoms with E-state index < -0.39 is 0 Å². The van der Waals surface area contributed by atoms with Gasteiger partial charge in [-0.3, -0.25) is 0 Å². The summed E-state index contributed by atoms with van der Waals surface area (Å²) in [7, 11) is 0. The Hall–Kier alpha value is -7.49. The van der Waals surface area contributed by atoms with Gasteiger partial charge in [0.15, 0.2) is 17.5 Å². The second-order valence-corrected chi connectivity index (χ2v) is 14.7. The number of rotatable bonds is 4. The normalized spacial score (nSPS) is 11.9.